The van der Waals surface area contributed by atoms with Crippen molar-refractivity contribution in [1.29, 1.82) is 0 Å². The molecule has 14 rings (SSSR count). The first-order valence-electron chi connectivity index (χ1n) is 22.5. The second-order valence-electron chi connectivity index (χ2n) is 17.2. The monoisotopic (exact) mass is 872 g/mol. The van der Waals surface area contributed by atoms with Crippen molar-refractivity contribution in [3.8, 4) is 67.4 Å². The SMILES string of the molecule is c1cncc(-c2cc(-c3cccnc3)nc(-c3cccc(-c4ccc5c(n4)-c4ncccc4C54c5ccccc5-c5c4ccc4c5Sc5ccccc5N4c4cccc5ccccc45)c3)c2)c1. The molecule has 1 atom stereocenters. The van der Waals surface area contributed by atoms with E-state index in [0.717, 1.165) is 67.4 Å². The molecule has 6 heterocycles. The van der Waals surface area contributed by atoms with Crippen molar-refractivity contribution >= 4 is 39.6 Å². The lowest BCUT2D eigenvalue weighted by molar-refractivity contribution is 0.788. The first kappa shape index (κ1) is 37.8. The molecule has 0 N–H and O–H groups in total. The zero-order valence-electron chi connectivity index (χ0n) is 35.9. The molecule has 312 valence electrons. The molecule has 0 amide bonds. The van der Waals surface area contributed by atoms with Crippen LogP contribution in [0.1, 0.15) is 22.3 Å². The number of benzene rings is 6. The fraction of sp³-hybridized carbons (Fsp3) is 0.0167. The van der Waals surface area contributed by atoms with Crippen LogP contribution in [0.5, 0.6) is 0 Å². The molecule has 67 heavy (non-hydrogen) atoms. The second-order valence-corrected chi connectivity index (χ2v) is 18.3. The second kappa shape index (κ2) is 14.8. The summed E-state index contributed by atoms with van der Waals surface area (Å²) in [4.78, 5) is 29.7. The maximum Gasteiger partial charge on any atom is 0.0945 e. The third-order valence-electron chi connectivity index (χ3n) is 13.7. The fourth-order valence-electron chi connectivity index (χ4n) is 10.8. The summed E-state index contributed by atoms with van der Waals surface area (Å²) in [5, 5.41) is 2.44. The average Bonchev–Trinajstić information content (AvgIpc) is 3.88. The van der Waals surface area contributed by atoms with Crippen LogP contribution in [0.2, 0.25) is 0 Å². The normalized spacial score (nSPS) is 14.8. The number of hydrogen-bond donors (Lipinski definition) is 0. The van der Waals surface area contributed by atoms with Gasteiger partial charge in [-0.1, -0.05) is 127 Å². The molecule has 0 fully saturated rings. The summed E-state index contributed by atoms with van der Waals surface area (Å²) in [7, 11) is 0. The largest absolute Gasteiger partial charge is 0.308 e. The van der Waals surface area contributed by atoms with E-state index in [4.69, 9.17) is 15.0 Å². The highest BCUT2D eigenvalue weighted by Gasteiger charge is 2.54. The summed E-state index contributed by atoms with van der Waals surface area (Å²) >= 11 is 1.87. The van der Waals surface area contributed by atoms with E-state index in [1.807, 2.05) is 48.6 Å². The molecule has 0 radical (unpaired) electrons. The Balaban J connectivity index is 0.937. The third kappa shape index (κ3) is 5.62. The number of para-hydroxylation sites is 1. The van der Waals surface area contributed by atoms with E-state index < -0.39 is 5.41 Å². The van der Waals surface area contributed by atoms with Crippen molar-refractivity contribution in [2.45, 2.75) is 15.2 Å². The summed E-state index contributed by atoms with van der Waals surface area (Å²) in [5.41, 5.74) is 19.6. The Bertz CT molecular complexity index is 3750. The molecule has 6 aromatic carbocycles. The van der Waals surface area contributed by atoms with Gasteiger partial charge < -0.3 is 4.90 Å². The van der Waals surface area contributed by atoms with Gasteiger partial charge in [-0.05, 0) is 112 Å². The molecular weight excluding hydrogens is 837 g/mol. The Morgan fingerprint density at radius 1 is 0.418 bits per heavy atom. The molecule has 0 saturated carbocycles. The van der Waals surface area contributed by atoms with Gasteiger partial charge in [0.25, 0.3) is 0 Å². The number of pyridine rings is 5. The van der Waals surface area contributed by atoms with Crippen LogP contribution in [-0.4, -0.2) is 24.9 Å². The van der Waals surface area contributed by atoms with Gasteiger partial charge in [0.1, 0.15) is 0 Å². The predicted octanol–water partition coefficient (Wildman–Crippen LogP) is 14.8. The van der Waals surface area contributed by atoms with Crippen LogP contribution in [-0.2, 0) is 5.41 Å². The number of fused-ring (bicyclic) bond motifs is 14. The minimum atomic E-state index is -0.617. The van der Waals surface area contributed by atoms with E-state index in [1.165, 1.54) is 59.9 Å². The minimum Gasteiger partial charge on any atom is -0.308 e. The molecule has 0 bridgehead atoms. The molecule has 0 saturated heterocycles. The van der Waals surface area contributed by atoms with Crippen molar-refractivity contribution < 1.29 is 0 Å². The first-order chi connectivity index (χ1) is 33.2. The smallest absolute Gasteiger partial charge is 0.0945 e. The van der Waals surface area contributed by atoms with Crippen LogP contribution in [0.4, 0.5) is 17.1 Å². The van der Waals surface area contributed by atoms with Gasteiger partial charge in [-0.15, -0.1) is 0 Å². The highest BCUT2D eigenvalue weighted by molar-refractivity contribution is 8.00. The van der Waals surface area contributed by atoms with Crippen molar-refractivity contribution in [3.05, 3.63) is 241 Å². The molecule has 1 aliphatic heterocycles. The van der Waals surface area contributed by atoms with Gasteiger partial charge in [0.2, 0.25) is 0 Å². The molecular formula is C60H36N6S. The average molecular weight is 873 g/mol. The number of hydrogen-bond acceptors (Lipinski definition) is 7. The molecule has 3 aliphatic rings. The minimum absolute atomic E-state index is 0.617. The van der Waals surface area contributed by atoms with Crippen molar-refractivity contribution in [2.24, 2.45) is 0 Å². The van der Waals surface area contributed by atoms with E-state index in [-0.39, 0.29) is 0 Å². The molecule has 1 unspecified atom stereocenters. The Hall–Kier alpha value is -8.52. The summed E-state index contributed by atoms with van der Waals surface area (Å²) < 4.78 is 0. The Morgan fingerprint density at radius 2 is 1.09 bits per heavy atom. The zero-order chi connectivity index (χ0) is 44.1. The zero-order valence-corrected chi connectivity index (χ0v) is 36.7. The molecule has 2 aliphatic carbocycles. The van der Waals surface area contributed by atoms with Crippen LogP contribution in [0.25, 0.3) is 78.2 Å². The fourth-order valence-corrected chi connectivity index (χ4v) is 12.1. The number of rotatable bonds is 5. The van der Waals surface area contributed by atoms with E-state index in [9.17, 15) is 0 Å². The lowest BCUT2D eigenvalue weighted by Gasteiger charge is -2.35. The standard InChI is InChI=1S/C60H36N6S/c1-2-18-43-37(12-1)13-8-23-52(43)66-53-22-5-6-24-55(53)67-59-54(66)28-26-46-56(59)44-19-3-4-20-45(44)60(46)47-21-11-31-63-57(47)58-48(60)25-27-49(65-58)38-14-7-15-39(32-38)50-33-42(40-16-9-29-61-35-40)34-51(64-50)41-17-10-30-62-36-41/h1-36H. The molecule has 1 spiro atoms. The van der Waals surface area contributed by atoms with Crippen LogP contribution in [0.3, 0.4) is 0 Å². The maximum absolute atomic E-state index is 5.58. The van der Waals surface area contributed by atoms with Crippen molar-refractivity contribution in [1.82, 2.24) is 24.9 Å². The highest BCUT2D eigenvalue weighted by atomic mass is 32.2. The molecule has 7 heteroatoms. The predicted molar refractivity (Wildman–Crippen MR) is 270 cm³/mol. The topological polar surface area (TPSA) is 67.7 Å². The van der Waals surface area contributed by atoms with Gasteiger partial charge in [-0.3, -0.25) is 15.0 Å². The Labute approximate surface area is 391 Å². The molecule has 6 nitrogen and oxygen atoms in total. The molecule has 5 aromatic heterocycles. The summed E-state index contributed by atoms with van der Waals surface area (Å²) in [6.07, 6.45) is 9.24. The lowest BCUT2D eigenvalue weighted by Crippen LogP contribution is -2.26. The lowest BCUT2D eigenvalue weighted by atomic mass is 9.71. The van der Waals surface area contributed by atoms with Gasteiger partial charge in [-0.2, -0.15) is 0 Å². The van der Waals surface area contributed by atoms with E-state index >= 15 is 0 Å². The Kier molecular flexibility index (Phi) is 8.33. The van der Waals surface area contributed by atoms with Gasteiger partial charge >= 0.3 is 0 Å². The third-order valence-corrected chi connectivity index (χ3v) is 14.9. The van der Waals surface area contributed by atoms with Crippen molar-refractivity contribution in [3.63, 3.8) is 0 Å². The summed E-state index contributed by atoms with van der Waals surface area (Å²) in [5.74, 6) is 0. The summed E-state index contributed by atoms with van der Waals surface area (Å²) in [6.45, 7) is 0. The van der Waals surface area contributed by atoms with Crippen LogP contribution < -0.4 is 4.90 Å². The van der Waals surface area contributed by atoms with Gasteiger partial charge in [0.15, 0.2) is 0 Å². The highest BCUT2D eigenvalue weighted by Crippen LogP contribution is 2.66. The number of aromatic nitrogens is 5. The van der Waals surface area contributed by atoms with Crippen molar-refractivity contribution in [2.75, 3.05) is 4.90 Å². The van der Waals surface area contributed by atoms with Crippen LogP contribution >= 0.6 is 11.8 Å². The van der Waals surface area contributed by atoms with E-state index in [0.29, 0.717) is 0 Å². The van der Waals surface area contributed by atoms with Crippen LogP contribution in [0.15, 0.2) is 229 Å². The van der Waals surface area contributed by atoms with Gasteiger partial charge in [0.05, 0.1) is 50.9 Å². The number of nitrogens with zero attached hydrogens (tertiary/aromatic N) is 6. The van der Waals surface area contributed by atoms with E-state index in [2.05, 4.69) is 185 Å². The maximum atomic E-state index is 5.58. The first-order valence-corrected chi connectivity index (χ1v) is 23.3. The van der Waals surface area contributed by atoms with Crippen LogP contribution in [0, 0.1) is 0 Å². The Morgan fingerprint density at radius 3 is 1.97 bits per heavy atom. The van der Waals surface area contributed by atoms with Gasteiger partial charge in [0, 0.05) is 74.0 Å². The van der Waals surface area contributed by atoms with E-state index in [1.54, 1.807) is 12.4 Å². The number of anilines is 3. The quantitative estimate of drug-likeness (QED) is 0.171. The molecule has 11 aromatic rings. The van der Waals surface area contributed by atoms with Gasteiger partial charge in [-0.25, -0.2) is 9.97 Å². The summed E-state index contributed by atoms with van der Waals surface area (Å²) in [6, 6.07) is 67.6.